The zero-order valence-electron chi connectivity index (χ0n) is 17.4. The number of phenolic OH excluding ortho intramolecular Hbond substituents is 1. The second-order valence-electron chi connectivity index (χ2n) is 7.97. The van der Waals surface area contributed by atoms with Crippen molar-refractivity contribution in [3.63, 3.8) is 0 Å². The lowest BCUT2D eigenvalue weighted by Gasteiger charge is -2.21. The highest BCUT2D eigenvalue weighted by Crippen LogP contribution is 2.27. The molecule has 6 heteroatoms. The Kier molecular flexibility index (Phi) is 7.83. The lowest BCUT2D eigenvalue weighted by Crippen LogP contribution is -2.44. The number of nitrogens with one attached hydrogen (secondary N) is 2. The number of hydrogen-bond donors (Lipinski definition) is 3. The summed E-state index contributed by atoms with van der Waals surface area (Å²) >= 11 is 0. The van der Waals surface area contributed by atoms with Crippen LogP contribution in [0.5, 0.6) is 11.5 Å². The van der Waals surface area contributed by atoms with Crippen LogP contribution in [0.2, 0.25) is 0 Å². The molecule has 2 aliphatic rings. The summed E-state index contributed by atoms with van der Waals surface area (Å²) in [5.74, 6) is 2.47. The molecule has 0 bridgehead atoms. The van der Waals surface area contributed by atoms with Crippen molar-refractivity contribution < 1.29 is 9.84 Å². The molecule has 6 nitrogen and oxygen atoms in total. The van der Waals surface area contributed by atoms with E-state index in [2.05, 4.69) is 22.5 Å². The van der Waals surface area contributed by atoms with Crippen molar-refractivity contribution in [3.8, 4) is 11.5 Å². The number of guanidine groups is 1. The van der Waals surface area contributed by atoms with Crippen LogP contribution >= 0.6 is 0 Å². The van der Waals surface area contributed by atoms with E-state index in [9.17, 15) is 5.11 Å². The lowest BCUT2D eigenvalue weighted by molar-refractivity contribution is 0.275. The molecule has 1 aromatic carbocycles. The molecular formula is C22H36N4O2. The Morgan fingerprint density at radius 1 is 1.25 bits per heavy atom. The van der Waals surface area contributed by atoms with Gasteiger partial charge in [-0.25, -0.2) is 4.99 Å². The fourth-order valence-corrected chi connectivity index (χ4v) is 4.29. The van der Waals surface area contributed by atoms with Crippen molar-refractivity contribution in [1.82, 2.24) is 15.5 Å². The molecule has 28 heavy (non-hydrogen) atoms. The largest absolute Gasteiger partial charge is 0.504 e. The standard InChI is InChI=1S/C22H36N4O2/c1-3-23-22(24-14-18-9-10-20(27)21(13-18)28-4-2)25-19-11-12-26(16-19)15-17-7-5-6-8-17/h9-10,13,17,19,27H,3-8,11-12,14-16H2,1-2H3,(H2,23,24,25). The molecule has 1 saturated carbocycles. The summed E-state index contributed by atoms with van der Waals surface area (Å²) in [6, 6.07) is 5.89. The van der Waals surface area contributed by atoms with Crippen molar-refractivity contribution in [2.45, 2.75) is 58.5 Å². The SMILES string of the molecule is CCNC(=NCc1ccc(O)c(OCC)c1)NC1CCN(CC2CCCC2)C1. The quantitative estimate of drug-likeness (QED) is 0.472. The van der Waals surface area contributed by atoms with Crippen LogP contribution in [0.3, 0.4) is 0 Å². The first-order valence-electron chi connectivity index (χ1n) is 10.9. The van der Waals surface area contributed by atoms with E-state index >= 15 is 0 Å². The minimum Gasteiger partial charge on any atom is -0.504 e. The molecule has 3 rings (SSSR count). The van der Waals surface area contributed by atoms with E-state index in [4.69, 9.17) is 9.73 Å². The summed E-state index contributed by atoms with van der Waals surface area (Å²) < 4.78 is 5.47. The lowest BCUT2D eigenvalue weighted by atomic mass is 10.1. The Hall–Kier alpha value is -1.95. The number of aliphatic imine (C=N–C) groups is 1. The van der Waals surface area contributed by atoms with Gasteiger partial charge in [0.15, 0.2) is 17.5 Å². The monoisotopic (exact) mass is 388 g/mol. The zero-order valence-corrected chi connectivity index (χ0v) is 17.4. The van der Waals surface area contributed by atoms with Crippen molar-refractivity contribution in [3.05, 3.63) is 23.8 Å². The van der Waals surface area contributed by atoms with Gasteiger partial charge in [-0.05, 0) is 56.7 Å². The molecule has 0 amide bonds. The summed E-state index contributed by atoms with van der Waals surface area (Å²) in [5, 5.41) is 16.8. The van der Waals surface area contributed by atoms with Gasteiger partial charge in [0, 0.05) is 32.2 Å². The average molecular weight is 389 g/mol. The Labute approximate surface area is 169 Å². The van der Waals surface area contributed by atoms with Crippen LogP contribution in [0.1, 0.15) is 51.5 Å². The molecule has 1 heterocycles. The number of ether oxygens (including phenoxy) is 1. The van der Waals surface area contributed by atoms with Crippen LogP contribution in [-0.4, -0.2) is 54.8 Å². The molecule has 1 saturated heterocycles. The summed E-state index contributed by atoms with van der Waals surface area (Å²) in [5.41, 5.74) is 1.02. The Balaban J connectivity index is 1.53. The number of hydrogen-bond acceptors (Lipinski definition) is 4. The molecule has 0 spiro atoms. The molecule has 1 aromatic rings. The van der Waals surface area contributed by atoms with E-state index in [0.29, 0.717) is 24.9 Å². The van der Waals surface area contributed by atoms with Gasteiger partial charge in [-0.15, -0.1) is 0 Å². The first-order valence-corrected chi connectivity index (χ1v) is 10.9. The average Bonchev–Trinajstić information content (AvgIpc) is 3.35. The third-order valence-corrected chi connectivity index (χ3v) is 5.69. The molecule has 0 aromatic heterocycles. The van der Waals surface area contributed by atoms with Gasteiger partial charge >= 0.3 is 0 Å². The number of phenols is 1. The minimum absolute atomic E-state index is 0.174. The second kappa shape index (κ2) is 10.6. The summed E-state index contributed by atoms with van der Waals surface area (Å²) in [6.45, 7) is 9.47. The molecule has 1 atom stereocenters. The molecule has 0 radical (unpaired) electrons. The predicted octanol–water partition coefficient (Wildman–Crippen LogP) is 3.11. The number of likely N-dealkylation sites (tertiary alicyclic amines) is 1. The van der Waals surface area contributed by atoms with Crippen LogP contribution in [0, 0.1) is 5.92 Å². The first kappa shape index (κ1) is 20.8. The van der Waals surface area contributed by atoms with E-state index in [1.165, 1.54) is 45.2 Å². The smallest absolute Gasteiger partial charge is 0.191 e. The summed E-state index contributed by atoms with van der Waals surface area (Å²) in [4.78, 5) is 7.36. The fraction of sp³-hybridized carbons (Fsp3) is 0.682. The van der Waals surface area contributed by atoms with E-state index in [1.54, 1.807) is 6.07 Å². The van der Waals surface area contributed by atoms with Gasteiger partial charge in [0.05, 0.1) is 13.2 Å². The fourth-order valence-electron chi connectivity index (χ4n) is 4.29. The molecule has 3 N–H and O–H groups in total. The van der Waals surface area contributed by atoms with Crippen LogP contribution in [0.25, 0.3) is 0 Å². The van der Waals surface area contributed by atoms with Crippen molar-refractivity contribution in [2.24, 2.45) is 10.9 Å². The molecule has 1 aliphatic heterocycles. The van der Waals surface area contributed by atoms with Gasteiger partial charge < -0.3 is 25.4 Å². The Morgan fingerprint density at radius 3 is 2.82 bits per heavy atom. The number of rotatable bonds is 8. The number of nitrogens with zero attached hydrogens (tertiary/aromatic N) is 2. The highest BCUT2D eigenvalue weighted by atomic mass is 16.5. The van der Waals surface area contributed by atoms with Gasteiger partial charge in [-0.2, -0.15) is 0 Å². The van der Waals surface area contributed by atoms with Crippen LogP contribution in [0.4, 0.5) is 0 Å². The Morgan fingerprint density at radius 2 is 2.07 bits per heavy atom. The third-order valence-electron chi connectivity index (χ3n) is 5.69. The van der Waals surface area contributed by atoms with Crippen molar-refractivity contribution in [2.75, 3.05) is 32.8 Å². The maximum atomic E-state index is 9.85. The van der Waals surface area contributed by atoms with Gasteiger partial charge in [0.1, 0.15) is 0 Å². The van der Waals surface area contributed by atoms with Gasteiger partial charge in [-0.1, -0.05) is 18.9 Å². The van der Waals surface area contributed by atoms with Crippen LogP contribution < -0.4 is 15.4 Å². The van der Waals surface area contributed by atoms with Crippen molar-refractivity contribution in [1.29, 1.82) is 0 Å². The van der Waals surface area contributed by atoms with Gasteiger partial charge in [0.2, 0.25) is 0 Å². The van der Waals surface area contributed by atoms with Crippen LogP contribution in [-0.2, 0) is 6.54 Å². The highest BCUT2D eigenvalue weighted by molar-refractivity contribution is 5.80. The number of benzene rings is 1. The third kappa shape index (κ3) is 6.03. The van der Waals surface area contributed by atoms with E-state index in [0.717, 1.165) is 30.5 Å². The molecule has 1 aliphatic carbocycles. The topological polar surface area (TPSA) is 69.1 Å². The summed E-state index contributed by atoms with van der Waals surface area (Å²) in [6.07, 6.45) is 6.83. The van der Waals surface area contributed by atoms with Crippen LogP contribution in [0.15, 0.2) is 23.2 Å². The van der Waals surface area contributed by atoms with E-state index in [1.807, 2.05) is 19.1 Å². The summed E-state index contributed by atoms with van der Waals surface area (Å²) in [7, 11) is 0. The highest BCUT2D eigenvalue weighted by Gasteiger charge is 2.26. The maximum Gasteiger partial charge on any atom is 0.191 e. The van der Waals surface area contributed by atoms with E-state index < -0.39 is 0 Å². The molecule has 2 fully saturated rings. The molecular weight excluding hydrogens is 352 g/mol. The normalized spacial score (nSPS) is 21.2. The molecule has 156 valence electrons. The van der Waals surface area contributed by atoms with Gasteiger partial charge in [-0.3, -0.25) is 0 Å². The minimum atomic E-state index is 0.174. The van der Waals surface area contributed by atoms with Gasteiger partial charge in [0.25, 0.3) is 0 Å². The first-order chi connectivity index (χ1) is 13.7. The van der Waals surface area contributed by atoms with Crippen molar-refractivity contribution >= 4 is 5.96 Å². The Bertz CT molecular complexity index is 643. The number of aromatic hydroxyl groups is 1. The predicted molar refractivity (Wildman–Crippen MR) is 114 cm³/mol. The maximum absolute atomic E-state index is 9.85. The zero-order chi connectivity index (χ0) is 19.8. The van der Waals surface area contributed by atoms with E-state index in [-0.39, 0.29) is 5.75 Å². The second-order valence-corrected chi connectivity index (χ2v) is 7.97. The molecule has 1 unspecified atom stereocenters.